The lowest BCUT2D eigenvalue weighted by atomic mass is 10.0. The zero-order valence-electron chi connectivity index (χ0n) is 17.9. The van der Waals surface area contributed by atoms with Crippen LogP contribution in [0.3, 0.4) is 0 Å². The van der Waals surface area contributed by atoms with Crippen molar-refractivity contribution in [3.8, 4) is 5.75 Å². The van der Waals surface area contributed by atoms with E-state index in [0.717, 1.165) is 12.0 Å². The van der Waals surface area contributed by atoms with Crippen LogP contribution < -0.4 is 19.9 Å². The fourth-order valence-corrected chi connectivity index (χ4v) is 4.44. The molecule has 2 aromatic carbocycles. The van der Waals surface area contributed by atoms with Crippen LogP contribution >= 0.6 is 0 Å². The van der Waals surface area contributed by atoms with E-state index in [2.05, 4.69) is 10.3 Å². The number of fused-ring (bicyclic) bond motifs is 1. The maximum absolute atomic E-state index is 12.7. The summed E-state index contributed by atoms with van der Waals surface area (Å²) in [5, 5.41) is 0. The van der Waals surface area contributed by atoms with Gasteiger partial charge in [0, 0.05) is 19.2 Å². The van der Waals surface area contributed by atoms with Crippen LogP contribution in [0.5, 0.6) is 5.75 Å². The van der Waals surface area contributed by atoms with E-state index in [9.17, 15) is 18.0 Å². The van der Waals surface area contributed by atoms with Crippen molar-refractivity contribution in [3.63, 3.8) is 0 Å². The van der Waals surface area contributed by atoms with Crippen molar-refractivity contribution >= 4 is 27.5 Å². The van der Waals surface area contributed by atoms with Crippen molar-refractivity contribution in [1.82, 2.24) is 10.3 Å². The number of amides is 2. The molecule has 2 heterocycles. The third-order valence-corrected chi connectivity index (χ3v) is 6.41. The normalized spacial score (nSPS) is 13.3. The summed E-state index contributed by atoms with van der Waals surface area (Å²) in [7, 11) is -4.03. The van der Waals surface area contributed by atoms with Gasteiger partial charge in [-0.1, -0.05) is 18.2 Å². The van der Waals surface area contributed by atoms with E-state index < -0.39 is 15.9 Å². The molecule has 0 fully saturated rings. The summed E-state index contributed by atoms with van der Waals surface area (Å²) in [5.41, 5.74) is 3.63. The number of nitrogens with one attached hydrogen (secondary N) is 2. The molecule has 4 rings (SSSR count). The number of hydrogen-bond donors (Lipinski definition) is 2. The molecular weight excluding hydrogens is 446 g/mol. The van der Waals surface area contributed by atoms with Gasteiger partial charge in [-0.05, 0) is 60.9 Å². The molecule has 2 amide bonds. The summed E-state index contributed by atoms with van der Waals surface area (Å²) < 4.78 is 36.4. The highest BCUT2D eigenvalue weighted by molar-refractivity contribution is 7.89. The molecule has 0 saturated heterocycles. The Morgan fingerprint density at radius 2 is 1.88 bits per heavy atom. The Kier molecular flexibility index (Phi) is 6.47. The molecule has 0 aliphatic carbocycles. The van der Waals surface area contributed by atoms with Crippen LogP contribution in [0.1, 0.15) is 35.2 Å². The molecule has 2 N–H and O–H groups in total. The fourth-order valence-electron chi connectivity index (χ4n) is 3.55. The minimum atomic E-state index is -4.03. The molecule has 172 valence electrons. The Labute approximate surface area is 191 Å². The van der Waals surface area contributed by atoms with Crippen molar-refractivity contribution in [2.45, 2.75) is 31.3 Å². The van der Waals surface area contributed by atoms with Gasteiger partial charge in [0.25, 0.3) is 10.0 Å². The molecule has 0 bridgehead atoms. The van der Waals surface area contributed by atoms with Crippen molar-refractivity contribution in [1.29, 1.82) is 0 Å². The SMILES string of the molecule is CC(=O)N1CCCc2cc(S(=O)(=O)NNC(=O)c3ccc(COc4ccccc4)o3)ccc21. The number of benzene rings is 2. The van der Waals surface area contributed by atoms with Gasteiger partial charge in [-0.3, -0.25) is 15.0 Å². The van der Waals surface area contributed by atoms with Gasteiger partial charge in [-0.15, -0.1) is 4.83 Å². The van der Waals surface area contributed by atoms with Gasteiger partial charge in [-0.25, -0.2) is 8.42 Å². The lowest BCUT2D eigenvalue weighted by Gasteiger charge is -2.28. The molecule has 0 radical (unpaired) electrons. The summed E-state index contributed by atoms with van der Waals surface area (Å²) in [6, 6.07) is 16.7. The Bertz CT molecular complexity index is 1270. The number of sulfonamides is 1. The zero-order valence-corrected chi connectivity index (χ0v) is 18.7. The zero-order chi connectivity index (χ0) is 23.4. The van der Waals surface area contributed by atoms with Crippen molar-refractivity contribution in [3.05, 3.63) is 77.7 Å². The molecule has 0 unspecified atom stereocenters. The number of para-hydroxylation sites is 1. The minimum Gasteiger partial charge on any atom is -0.486 e. The molecule has 9 nitrogen and oxygen atoms in total. The number of anilines is 1. The number of carbonyl (C=O) groups is 2. The fraction of sp³-hybridized carbons (Fsp3) is 0.217. The molecule has 1 aliphatic heterocycles. The monoisotopic (exact) mass is 469 g/mol. The number of carbonyl (C=O) groups excluding carboxylic acids is 2. The second-order valence-electron chi connectivity index (χ2n) is 7.49. The minimum absolute atomic E-state index is 0.0108. The summed E-state index contributed by atoms with van der Waals surface area (Å²) in [6.07, 6.45) is 1.41. The number of nitrogens with zero attached hydrogens (tertiary/aromatic N) is 1. The van der Waals surface area contributed by atoms with Gasteiger partial charge in [0.1, 0.15) is 18.1 Å². The van der Waals surface area contributed by atoms with Crippen LogP contribution in [0.25, 0.3) is 0 Å². The van der Waals surface area contributed by atoms with Gasteiger partial charge < -0.3 is 14.1 Å². The Balaban J connectivity index is 1.38. The molecule has 0 saturated carbocycles. The standard InChI is InChI=1S/C23H23N3O6S/c1-16(27)26-13-5-6-17-14-20(10-11-21(17)26)33(29,30)25-24-23(28)22-12-9-19(32-22)15-31-18-7-3-2-4-8-18/h2-4,7-12,14,25H,5-6,13,15H2,1H3,(H,24,28). The maximum atomic E-state index is 12.7. The largest absolute Gasteiger partial charge is 0.486 e. The summed E-state index contributed by atoms with van der Waals surface area (Å²) >= 11 is 0. The van der Waals surface area contributed by atoms with Crippen LogP contribution in [0, 0.1) is 0 Å². The number of furan rings is 1. The Morgan fingerprint density at radius 3 is 2.64 bits per heavy atom. The first-order valence-electron chi connectivity index (χ1n) is 10.3. The van der Waals surface area contributed by atoms with E-state index in [-0.39, 0.29) is 23.2 Å². The molecule has 3 aromatic rings. The maximum Gasteiger partial charge on any atom is 0.301 e. The number of hydrazine groups is 1. The summed E-state index contributed by atoms with van der Waals surface area (Å²) in [4.78, 5) is 27.8. The number of hydrogen-bond acceptors (Lipinski definition) is 6. The highest BCUT2D eigenvalue weighted by Gasteiger charge is 2.24. The van der Waals surface area contributed by atoms with Crippen molar-refractivity contribution in [2.75, 3.05) is 11.4 Å². The predicted molar refractivity (Wildman–Crippen MR) is 120 cm³/mol. The van der Waals surface area contributed by atoms with Gasteiger partial charge >= 0.3 is 5.91 Å². The van der Waals surface area contributed by atoms with E-state index in [0.29, 0.717) is 30.2 Å². The molecule has 1 aliphatic rings. The van der Waals surface area contributed by atoms with E-state index in [4.69, 9.17) is 9.15 Å². The number of aryl methyl sites for hydroxylation is 1. The van der Waals surface area contributed by atoms with Gasteiger partial charge in [0.15, 0.2) is 5.76 Å². The third kappa shape index (κ3) is 5.24. The first-order valence-corrected chi connectivity index (χ1v) is 11.8. The smallest absolute Gasteiger partial charge is 0.301 e. The molecule has 10 heteroatoms. The predicted octanol–water partition coefficient (Wildman–Crippen LogP) is 2.78. The molecular formula is C23H23N3O6S. The highest BCUT2D eigenvalue weighted by atomic mass is 32.2. The second kappa shape index (κ2) is 9.47. The molecule has 0 spiro atoms. The molecule has 33 heavy (non-hydrogen) atoms. The van der Waals surface area contributed by atoms with Crippen LogP contribution in [0.15, 0.2) is 70.0 Å². The lowest BCUT2D eigenvalue weighted by Crippen LogP contribution is -2.41. The van der Waals surface area contributed by atoms with E-state index in [1.54, 1.807) is 29.2 Å². The van der Waals surface area contributed by atoms with E-state index >= 15 is 0 Å². The third-order valence-electron chi connectivity index (χ3n) is 5.17. The lowest BCUT2D eigenvalue weighted by molar-refractivity contribution is -0.116. The van der Waals surface area contributed by atoms with Crippen molar-refractivity contribution < 1.29 is 27.2 Å². The van der Waals surface area contributed by atoms with Gasteiger partial charge in [0.2, 0.25) is 5.91 Å². The average Bonchev–Trinajstić information content (AvgIpc) is 3.30. The molecule has 0 atom stereocenters. The molecule has 1 aromatic heterocycles. The van der Waals surface area contributed by atoms with Crippen LogP contribution in [0.4, 0.5) is 5.69 Å². The van der Waals surface area contributed by atoms with Gasteiger partial charge in [-0.2, -0.15) is 0 Å². The van der Waals surface area contributed by atoms with Gasteiger partial charge in [0.05, 0.1) is 4.90 Å². The first kappa shape index (κ1) is 22.6. The van der Waals surface area contributed by atoms with E-state index in [1.165, 1.54) is 25.1 Å². The van der Waals surface area contributed by atoms with Crippen LogP contribution in [-0.4, -0.2) is 26.8 Å². The van der Waals surface area contributed by atoms with Crippen molar-refractivity contribution in [2.24, 2.45) is 0 Å². The van der Waals surface area contributed by atoms with E-state index in [1.807, 2.05) is 18.2 Å². The van der Waals surface area contributed by atoms with Crippen LogP contribution in [0.2, 0.25) is 0 Å². The Morgan fingerprint density at radius 1 is 1.09 bits per heavy atom. The van der Waals surface area contributed by atoms with Crippen LogP contribution in [-0.2, 0) is 27.8 Å². The quantitative estimate of drug-likeness (QED) is 0.514. The highest BCUT2D eigenvalue weighted by Crippen LogP contribution is 2.29. The summed E-state index contributed by atoms with van der Waals surface area (Å²) in [6.45, 7) is 2.20. The number of ether oxygens (including phenoxy) is 1. The topological polar surface area (TPSA) is 118 Å². The number of rotatable bonds is 7. The summed E-state index contributed by atoms with van der Waals surface area (Å²) in [5.74, 6) is 0.168. The average molecular weight is 470 g/mol. The first-order chi connectivity index (χ1) is 15.8. The second-order valence-corrected chi connectivity index (χ2v) is 9.17. The Hall–Kier alpha value is -3.63.